The van der Waals surface area contributed by atoms with Crippen molar-refractivity contribution in [3.8, 4) is 0 Å². The highest BCUT2D eigenvalue weighted by Crippen LogP contribution is 2.06. The van der Waals surface area contributed by atoms with Crippen LogP contribution in [0.3, 0.4) is 0 Å². The van der Waals surface area contributed by atoms with E-state index < -0.39 is 5.97 Å². The van der Waals surface area contributed by atoms with Crippen LogP contribution < -0.4 is 0 Å². The van der Waals surface area contributed by atoms with Gasteiger partial charge >= 0.3 is 5.97 Å². The number of hydrogen-bond donors (Lipinski definition) is 2. The van der Waals surface area contributed by atoms with Crippen molar-refractivity contribution in [1.29, 1.82) is 5.41 Å². The van der Waals surface area contributed by atoms with Crippen molar-refractivity contribution >= 4 is 11.9 Å². The topological polar surface area (TPSA) is 70.4 Å². The molecule has 0 unspecified atom stereocenters. The molecule has 14 heavy (non-hydrogen) atoms. The van der Waals surface area contributed by atoms with E-state index in [0.29, 0.717) is 12.2 Å². The molecule has 0 aliphatic rings. The number of carboxylic acid groups (broad SMARTS) is 1. The molecule has 2 N–H and O–H groups in total. The molecule has 74 valence electrons. The van der Waals surface area contributed by atoms with Gasteiger partial charge in [0.2, 0.25) is 5.90 Å². The summed E-state index contributed by atoms with van der Waals surface area (Å²) in [6.07, 6.45) is 0. The van der Waals surface area contributed by atoms with Crippen molar-refractivity contribution in [2.24, 2.45) is 0 Å². The van der Waals surface area contributed by atoms with Crippen LogP contribution in [0, 0.1) is 5.41 Å². The first-order valence-electron chi connectivity index (χ1n) is 4.20. The second-order valence-corrected chi connectivity index (χ2v) is 2.65. The SMILES string of the molecule is CCOC(=N)c1cccc(C(=O)O)c1. The van der Waals surface area contributed by atoms with Crippen molar-refractivity contribution in [3.63, 3.8) is 0 Å². The molecule has 0 saturated carbocycles. The van der Waals surface area contributed by atoms with Gasteiger partial charge in [0, 0.05) is 5.56 Å². The Morgan fingerprint density at radius 3 is 2.71 bits per heavy atom. The van der Waals surface area contributed by atoms with Gasteiger partial charge < -0.3 is 9.84 Å². The lowest BCUT2D eigenvalue weighted by molar-refractivity contribution is 0.0697. The van der Waals surface area contributed by atoms with Crippen LogP contribution in [0.15, 0.2) is 24.3 Å². The average Bonchev–Trinajstić information content (AvgIpc) is 2.18. The maximum absolute atomic E-state index is 10.6. The zero-order chi connectivity index (χ0) is 10.6. The van der Waals surface area contributed by atoms with Gasteiger partial charge in [-0.25, -0.2) is 4.79 Å². The molecule has 1 aromatic rings. The molecule has 0 aromatic heterocycles. The first-order chi connectivity index (χ1) is 6.65. The summed E-state index contributed by atoms with van der Waals surface area (Å²) in [6.45, 7) is 2.17. The Balaban J connectivity index is 2.93. The standard InChI is InChI=1S/C10H11NO3/c1-2-14-9(11)7-4-3-5-8(6-7)10(12)13/h3-6,11H,2H2,1H3,(H,12,13). The van der Waals surface area contributed by atoms with E-state index in [2.05, 4.69) is 0 Å². The molecule has 4 nitrogen and oxygen atoms in total. The Bertz CT molecular complexity index is 360. The van der Waals surface area contributed by atoms with Crippen LogP contribution in [0.1, 0.15) is 22.8 Å². The Hall–Kier alpha value is -1.84. The number of carboxylic acids is 1. The summed E-state index contributed by atoms with van der Waals surface area (Å²) in [4.78, 5) is 10.6. The van der Waals surface area contributed by atoms with Crippen molar-refractivity contribution in [2.75, 3.05) is 6.61 Å². The summed E-state index contributed by atoms with van der Waals surface area (Å²) in [5.74, 6) is -1.01. The highest BCUT2D eigenvalue weighted by molar-refractivity contribution is 5.95. The number of aromatic carboxylic acids is 1. The minimum Gasteiger partial charge on any atom is -0.478 e. The number of ether oxygens (including phenoxy) is 1. The lowest BCUT2D eigenvalue weighted by Gasteiger charge is -2.04. The molecule has 0 amide bonds. The van der Waals surface area contributed by atoms with E-state index in [1.165, 1.54) is 12.1 Å². The fraction of sp³-hybridized carbons (Fsp3) is 0.200. The van der Waals surface area contributed by atoms with Crippen LogP contribution in [0.2, 0.25) is 0 Å². The zero-order valence-corrected chi connectivity index (χ0v) is 7.78. The Kier molecular flexibility index (Phi) is 3.23. The summed E-state index contributed by atoms with van der Waals surface area (Å²) < 4.78 is 4.95. The van der Waals surface area contributed by atoms with Crippen LogP contribution in [0.4, 0.5) is 0 Å². The van der Waals surface area contributed by atoms with Gasteiger partial charge in [0.25, 0.3) is 0 Å². The Morgan fingerprint density at radius 2 is 2.14 bits per heavy atom. The van der Waals surface area contributed by atoms with Crippen LogP contribution in [-0.2, 0) is 4.74 Å². The third-order valence-corrected chi connectivity index (χ3v) is 1.66. The number of benzene rings is 1. The monoisotopic (exact) mass is 193 g/mol. The van der Waals surface area contributed by atoms with Gasteiger partial charge in [-0.15, -0.1) is 0 Å². The summed E-state index contributed by atoms with van der Waals surface area (Å²) in [5, 5.41) is 16.2. The van der Waals surface area contributed by atoms with Crippen molar-refractivity contribution in [3.05, 3.63) is 35.4 Å². The van der Waals surface area contributed by atoms with Crippen molar-refractivity contribution < 1.29 is 14.6 Å². The lowest BCUT2D eigenvalue weighted by atomic mass is 10.1. The zero-order valence-electron chi connectivity index (χ0n) is 7.78. The second-order valence-electron chi connectivity index (χ2n) is 2.65. The van der Waals surface area contributed by atoms with Gasteiger partial charge in [-0.1, -0.05) is 6.07 Å². The van der Waals surface area contributed by atoms with E-state index >= 15 is 0 Å². The molecule has 0 atom stereocenters. The van der Waals surface area contributed by atoms with E-state index in [1.807, 2.05) is 0 Å². The van der Waals surface area contributed by atoms with E-state index in [0.717, 1.165) is 0 Å². The fourth-order valence-electron chi connectivity index (χ4n) is 1.02. The number of nitrogens with one attached hydrogen (secondary N) is 1. The third kappa shape index (κ3) is 2.32. The largest absolute Gasteiger partial charge is 0.478 e. The summed E-state index contributed by atoms with van der Waals surface area (Å²) in [6, 6.07) is 6.13. The first kappa shape index (κ1) is 10.2. The van der Waals surface area contributed by atoms with Gasteiger partial charge in [0.15, 0.2) is 0 Å². The molecular formula is C10H11NO3. The Morgan fingerprint density at radius 1 is 1.50 bits per heavy atom. The van der Waals surface area contributed by atoms with Gasteiger partial charge in [-0.2, -0.15) is 0 Å². The number of rotatable bonds is 3. The molecule has 4 heteroatoms. The Labute approximate surface area is 81.6 Å². The maximum atomic E-state index is 10.6. The average molecular weight is 193 g/mol. The predicted octanol–water partition coefficient (Wildman–Crippen LogP) is 1.75. The minimum absolute atomic E-state index is 0.00407. The highest BCUT2D eigenvalue weighted by atomic mass is 16.5. The molecule has 0 bridgehead atoms. The number of carbonyl (C=O) groups is 1. The normalized spacial score (nSPS) is 9.50. The minimum atomic E-state index is -1.00. The fourth-order valence-corrected chi connectivity index (χ4v) is 1.02. The molecule has 0 aliphatic heterocycles. The van der Waals surface area contributed by atoms with Crippen molar-refractivity contribution in [1.82, 2.24) is 0 Å². The quantitative estimate of drug-likeness (QED) is 0.567. The van der Waals surface area contributed by atoms with E-state index in [9.17, 15) is 4.79 Å². The molecule has 0 fully saturated rings. The van der Waals surface area contributed by atoms with Crippen LogP contribution in [0.5, 0.6) is 0 Å². The maximum Gasteiger partial charge on any atom is 0.335 e. The lowest BCUT2D eigenvalue weighted by Crippen LogP contribution is -2.06. The van der Waals surface area contributed by atoms with Crippen LogP contribution >= 0.6 is 0 Å². The van der Waals surface area contributed by atoms with E-state index in [-0.39, 0.29) is 11.5 Å². The predicted molar refractivity (Wildman–Crippen MR) is 51.9 cm³/mol. The summed E-state index contributed by atoms with van der Waals surface area (Å²) >= 11 is 0. The number of hydrogen-bond acceptors (Lipinski definition) is 3. The van der Waals surface area contributed by atoms with Crippen LogP contribution in [-0.4, -0.2) is 23.6 Å². The van der Waals surface area contributed by atoms with Gasteiger partial charge in [0.05, 0.1) is 12.2 Å². The smallest absolute Gasteiger partial charge is 0.335 e. The molecule has 1 rings (SSSR count). The molecule has 0 radical (unpaired) electrons. The summed E-state index contributed by atoms with van der Waals surface area (Å²) in [7, 11) is 0. The van der Waals surface area contributed by atoms with E-state index in [4.69, 9.17) is 15.3 Å². The van der Waals surface area contributed by atoms with Gasteiger partial charge in [-0.05, 0) is 25.1 Å². The molecular weight excluding hydrogens is 182 g/mol. The van der Waals surface area contributed by atoms with Gasteiger partial charge in [-0.3, -0.25) is 5.41 Å². The van der Waals surface area contributed by atoms with Gasteiger partial charge in [0.1, 0.15) is 0 Å². The molecule has 0 aliphatic carbocycles. The third-order valence-electron chi connectivity index (χ3n) is 1.66. The molecule has 0 heterocycles. The molecule has 0 saturated heterocycles. The molecule has 1 aromatic carbocycles. The van der Waals surface area contributed by atoms with Crippen LogP contribution in [0.25, 0.3) is 0 Å². The summed E-state index contributed by atoms with van der Waals surface area (Å²) in [5.41, 5.74) is 0.638. The van der Waals surface area contributed by atoms with E-state index in [1.54, 1.807) is 19.1 Å². The second kappa shape index (κ2) is 4.41. The highest BCUT2D eigenvalue weighted by Gasteiger charge is 2.06. The van der Waals surface area contributed by atoms with Crippen molar-refractivity contribution in [2.45, 2.75) is 6.92 Å². The first-order valence-corrected chi connectivity index (χ1v) is 4.20. The molecule has 0 spiro atoms.